The van der Waals surface area contributed by atoms with Gasteiger partial charge in [-0.1, -0.05) is 42.5 Å². The highest BCUT2D eigenvalue weighted by atomic mass is 19.4. The first-order chi connectivity index (χ1) is 12.4. The fraction of sp³-hybridized carbons (Fsp3) is 0.0500. The molecule has 0 aliphatic carbocycles. The summed E-state index contributed by atoms with van der Waals surface area (Å²) in [6, 6.07) is 13.7. The summed E-state index contributed by atoms with van der Waals surface area (Å²) in [7, 11) is 0. The molecule has 0 unspecified atom stereocenters. The molecule has 0 atom stereocenters. The van der Waals surface area contributed by atoms with E-state index < -0.39 is 17.5 Å². The molecule has 26 heavy (non-hydrogen) atoms. The highest BCUT2D eigenvalue weighted by Crippen LogP contribution is 2.29. The molecule has 3 rings (SSSR count). The standard InChI is InChI=1S/C20H13F3N2O/c21-20(22,23)17-8-4-7-16(11-17)18(26)10-9-14-12-24-19(25-13-14)15-5-2-1-3-6-15/h1-13H/b10-9-. The van der Waals surface area contributed by atoms with Gasteiger partial charge < -0.3 is 0 Å². The minimum Gasteiger partial charge on any atom is -0.289 e. The predicted octanol–water partition coefficient (Wildman–Crippen LogP) is 5.06. The Morgan fingerprint density at radius 3 is 2.27 bits per heavy atom. The number of allylic oxidation sites excluding steroid dienone is 1. The topological polar surface area (TPSA) is 42.9 Å². The number of aromatic nitrogens is 2. The number of rotatable bonds is 4. The summed E-state index contributed by atoms with van der Waals surface area (Å²) in [6.45, 7) is 0. The van der Waals surface area contributed by atoms with Crippen molar-refractivity contribution in [3.63, 3.8) is 0 Å². The molecule has 0 amide bonds. The lowest BCUT2D eigenvalue weighted by molar-refractivity contribution is -0.137. The number of hydrogen-bond donors (Lipinski definition) is 0. The molecule has 0 radical (unpaired) electrons. The summed E-state index contributed by atoms with van der Waals surface area (Å²) in [5.41, 5.74) is 0.554. The SMILES string of the molecule is O=C(/C=C\c1cnc(-c2ccccc2)nc1)c1cccc(C(F)(F)F)c1. The van der Waals surface area contributed by atoms with Gasteiger partial charge in [-0.3, -0.25) is 4.79 Å². The van der Waals surface area contributed by atoms with Gasteiger partial charge in [-0.25, -0.2) is 9.97 Å². The van der Waals surface area contributed by atoms with E-state index in [1.54, 1.807) is 12.4 Å². The molecule has 1 aromatic heterocycles. The summed E-state index contributed by atoms with van der Waals surface area (Å²) in [6.07, 6.45) is 1.28. The maximum Gasteiger partial charge on any atom is 0.416 e. The van der Waals surface area contributed by atoms with E-state index in [9.17, 15) is 18.0 Å². The quantitative estimate of drug-likeness (QED) is 0.486. The predicted molar refractivity (Wildman–Crippen MR) is 92.3 cm³/mol. The van der Waals surface area contributed by atoms with Gasteiger partial charge in [-0.2, -0.15) is 13.2 Å². The van der Waals surface area contributed by atoms with Crippen molar-refractivity contribution in [2.45, 2.75) is 6.18 Å². The van der Waals surface area contributed by atoms with Crippen LogP contribution in [0.4, 0.5) is 13.2 Å². The first kappa shape index (κ1) is 17.5. The lowest BCUT2D eigenvalue weighted by Gasteiger charge is -2.07. The van der Waals surface area contributed by atoms with Crippen LogP contribution in [0, 0.1) is 0 Å². The van der Waals surface area contributed by atoms with E-state index in [0.717, 1.165) is 17.7 Å². The molecule has 0 saturated heterocycles. The minimum absolute atomic E-state index is 0.0297. The highest BCUT2D eigenvalue weighted by Gasteiger charge is 2.30. The minimum atomic E-state index is -4.49. The Hall–Kier alpha value is -3.28. The summed E-state index contributed by atoms with van der Waals surface area (Å²) >= 11 is 0. The van der Waals surface area contributed by atoms with Crippen LogP contribution in [0.15, 0.2) is 73.1 Å². The molecule has 0 N–H and O–H groups in total. The number of carbonyl (C=O) groups excluding carboxylic acids is 1. The summed E-state index contributed by atoms with van der Waals surface area (Å²) in [5.74, 6) is 0.0233. The first-order valence-corrected chi connectivity index (χ1v) is 7.70. The van der Waals surface area contributed by atoms with Crippen LogP contribution in [0.3, 0.4) is 0 Å². The zero-order valence-electron chi connectivity index (χ0n) is 13.4. The Balaban J connectivity index is 1.75. The molecule has 3 aromatic rings. The van der Waals surface area contributed by atoms with Crippen molar-refractivity contribution in [2.75, 3.05) is 0 Å². The van der Waals surface area contributed by atoms with Gasteiger partial charge in [-0.05, 0) is 24.3 Å². The van der Waals surface area contributed by atoms with E-state index in [4.69, 9.17) is 0 Å². The molecule has 1 heterocycles. The molecule has 130 valence electrons. The summed E-state index contributed by atoms with van der Waals surface area (Å²) < 4.78 is 38.1. The van der Waals surface area contributed by atoms with Crippen molar-refractivity contribution in [1.82, 2.24) is 9.97 Å². The van der Waals surface area contributed by atoms with Gasteiger partial charge in [0.05, 0.1) is 5.56 Å². The van der Waals surface area contributed by atoms with Gasteiger partial charge in [-0.15, -0.1) is 0 Å². The average Bonchev–Trinajstić information content (AvgIpc) is 2.66. The molecule has 6 heteroatoms. The molecule has 0 saturated carbocycles. The van der Waals surface area contributed by atoms with Gasteiger partial charge in [0.25, 0.3) is 0 Å². The second kappa shape index (κ2) is 7.31. The fourth-order valence-corrected chi connectivity index (χ4v) is 2.28. The second-order valence-corrected chi connectivity index (χ2v) is 5.48. The number of hydrogen-bond acceptors (Lipinski definition) is 3. The van der Waals surface area contributed by atoms with Crippen molar-refractivity contribution >= 4 is 11.9 Å². The van der Waals surface area contributed by atoms with Gasteiger partial charge in [0, 0.05) is 29.1 Å². The van der Waals surface area contributed by atoms with Crippen LogP contribution >= 0.6 is 0 Å². The van der Waals surface area contributed by atoms with Gasteiger partial charge in [0.15, 0.2) is 11.6 Å². The molecule has 3 nitrogen and oxygen atoms in total. The van der Waals surface area contributed by atoms with Crippen molar-refractivity contribution < 1.29 is 18.0 Å². The van der Waals surface area contributed by atoms with E-state index >= 15 is 0 Å². The van der Waals surface area contributed by atoms with Crippen molar-refractivity contribution in [1.29, 1.82) is 0 Å². The monoisotopic (exact) mass is 354 g/mol. The van der Waals surface area contributed by atoms with Crippen molar-refractivity contribution in [3.05, 3.63) is 89.8 Å². The number of nitrogens with zero attached hydrogens (tertiary/aromatic N) is 2. The van der Waals surface area contributed by atoms with Crippen LogP contribution in [0.1, 0.15) is 21.5 Å². The number of alkyl halides is 3. The third kappa shape index (κ3) is 4.22. The zero-order valence-corrected chi connectivity index (χ0v) is 13.4. The average molecular weight is 354 g/mol. The van der Waals surface area contributed by atoms with E-state index in [1.165, 1.54) is 24.3 Å². The fourth-order valence-electron chi connectivity index (χ4n) is 2.28. The molecule has 0 aliphatic rings. The van der Waals surface area contributed by atoms with Crippen LogP contribution in [-0.2, 0) is 6.18 Å². The Morgan fingerprint density at radius 2 is 1.62 bits per heavy atom. The molecular weight excluding hydrogens is 341 g/mol. The normalized spacial score (nSPS) is 11.7. The molecule has 0 fully saturated rings. The number of ketones is 1. The number of benzene rings is 2. The Kier molecular flexibility index (Phi) is 4.93. The van der Waals surface area contributed by atoms with E-state index in [1.807, 2.05) is 30.3 Å². The summed E-state index contributed by atoms with van der Waals surface area (Å²) in [4.78, 5) is 20.5. The number of carbonyl (C=O) groups is 1. The third-order valence-corrected chi connectivity index (χ3v) is 3.61. The summed E-state index contributed by atoms with van der Waals surface area (Å²) in [5, 5.41) is 0. The lowest BCUT2D eigenvalue weighted by atomic mass is 10.1. The molecule has 0 spiro atoms. The molecule has 0 aliphatic heterocycles. The molecular formula is C20H13F3N2O. The smallest absolute Gasteiger partial charge is 0.289 e. The van der Waals surface area contributed by atoms with Crippen molar-refractivity contribution in [3.8, 4) is 11.4 Å². The Labute approximate surface area is 147 Å². The van der Waals surface area contributed by atoms with Gasteiger partial charge in [0.2, 0.25) is 0 Å². The largest absolute Gasteiger partial charge is 0.416 e. The van der Waals surface area contributed by atoms with Gasteiger partial charge >= 0.3 is 6.18 Å². The van der Waals surface area contributed by atoms with E-state index in [2.05, 4.69) is 9.97 Å². The lowest BCUT2D eigenvalue weighted by Crippen LogP contribution is -2.06. The maximum atomic E-state index is 12.7. The molecule has 2 aromatic carbocycles. The third-order valence-electron chi connectivity index (χ3n) is 3.61. The number of halogens is 3. The Bertz CT molecular complexity index is 933. The zero-order chi connectivity index (χ0) is 18.6. The molecule has 0 bridgehead atoms. The highest BCUT2D eigenvalue weighted by molar-refractivity contribution is 6.06. The maximum absolute atomic E-state index is 12.7. The van der Waals surface area contributed by atoms with E-state index in [0.29, 0.717) is 11.4 Å². The van der Waals surface area contributed by atoms with E-state index in [-0.39, 0.29) is 5.56 Å². The van der Waals surface area contributed by atoms with Crippen LogP contribution in [-0.4, -0.2) is 15.8 Å². The van der Waals surface area contributed by atoms with Crippen LogP contribution in [0.2, 0.25) is 0 Å². The van der Waals surface area contributed by atoms with Crippen LogP contribution in [0.25, 0.3) is 17.5 Å². The van der Waals surface area contributed by atoms with Gasteiger partial charge in [0.1, 0.15) is 0 Å². The second-order valence-electron chi connectivity index (χ2n) is 5.48. The first-order valence-electron chi connectivity index (χ1n) is 7.70. The van der Waals surface area contributed by atoms with Crippen molar-refractivity contribution in [2.24, 2.45) is 0 Å². The van der Waals surface area contributed by atoms with Crippen LogP contribution in [0.5, 0.6) is 0 Å². The van der Waals surface area contributed by atoms with Crippen LogP contribution < -0.4 is 0 Å². The Morgan fingerprint density at radius 1 is 0.923 bits per heavy atom.